The van der Waals surface area contributed by atoms with Crippen molar-refractivity contribution in [1.29, 1.82) is 0 Å². The van der Waals surface area contributed by atoms with Crippen LogP contribution >= 0.6 is 0 Å². The topological polar surface area (TPSA) is 57.5 Å². The predicted octanol–water partition coefficient (Wildman–Crippen LogP) is 1.71. The molecule has 0 spiro atoms. The van der Waals surface area contributed by atoms with Crippen molar-refractivity contribution >= 4 is 5.97 Å². The minimum atomic E-state index is -0.866. The van der Waals surface area contributed by atoms with Crippen LogP contribution < -0.4 is 0 Å². The van der Waals surface area contributed by atoms with E-state index in [4.69, 9.17) is 5.11 Å². The van der Waals surface area contributed by atoms with Crippen molar-refractivity contribution in [2.45, 2.75) is 44.1 Å². The molecule has 3 nitrogen and oxygen atoms in total. The van der Waals surface area contributed by atoms with E-state index < -0.39 is 11.6 Å². The number of allylic oxidation sites excluding steroid dienone is 1. The maximum absolute atomic E-state index is 10.3. The first-order chi connectivity index (χ1) is 6.12. The van der Waals surface area contributed by atoms with Gasteiger partial charge in [0.15, 0.2) is 0 Å². The third-order valence-electron chi connectivity index (χ3n) is 2.43. The highest BCUT2D eigenvalue weighted by molar-refractivity contribution is 5.66. The van der Waals surface area contributed by atoms with Crippen LogP contribution in [0.2, 0.25) is 0 Å². The van der Waals surface area contributed by atoms with Gasteiger partial charge in [-0.3, -0.25) is 4.79 Å². The molecule has 0 amide bonds. The third-order valence-corrected chi connectivity index (χ3v) is 2.43. The van der Waals surface area contributed by atoms with Crippen LogP contribution in [-0.4, -0.2) is 21.8 Å². The molecule has 1 rings (SSSR count). The molecule has 0 fully saturated rings. The average molecular weight is 184 g/mol. The van der Waals surface area contributed by atoms with Crippen LogP contribution in [0.15, 0.2) is 12.2 Å². The van der Waals surface area contributed by atoms with Crippen molar-refractivity contribution in [2.24, 2.45) is 0 Å². The molecule has 0 bridgehead atoms. The minimum absolute atomic E-state index is 0.0425. The van der Waals surface area contributed by atoms with E-state index in [1.54, 1.807) is 6.08 Å². The first kappa shape index (κ1) is 10.3. The number of hydrogen-bond donors (Lipinski definition) is 2. The van der Waals surface area contributed by atoms with E-state index in [-0.39, 0.29) is 6.42 Å². The average Bonchev–Trinajstić information content (AvgIpc) is 2.28. The second-order valence-electron chi connectivity index (χ2n) is 3.65. The zero-order chi connectivity index (χ0) is 9.73. The highest BCUT2D eigenvalue weighted by Gasteiger charge is 2.24. The molecular weight excluding hydrogens is 168 g/mol. The summed E-state index contributed by atoms with van der Waals surface area (Å²) >= 11 is 0. The second kappa shape index (κ2) is 4.42. The Labute approximate surface area is 78.1 Å². The number of aliphatic hydroxyl groups is 1. The molecule has 0 aliphatic heterocycles. The van der Waals surface area contributed by atoms with Crippen molar-refractivity contribution in [3.05, 3.63) is 12.2 Å². The summed E-state index contributed by atoms with van der Waals surface area (Å²) in [5.74, 6) is -0.842. The molecular formula is C10H16O3. The lowest BCUT2D eigenvalue weighted by Crippen LogP contribution is -2.26. The van der Waals surface area contributed by atoms with Gasteiger partial charge in [0.2, 0.25) is 0 Å². The summed E-state index contributed by atoms with van der Waals surface area (Å²) in [6, 6.07) is 0. The summed E-state index contributed by atoms with van der Waals surface area (Å²) in [5.41, 5.74) is -0.866. The quantitative estimate of drug-likeness (QED) is 0.656. The Hall–Kier alpha value is -0.830. The SMILES string of the molecule is O=C(O)CCC1(O)C=CCCCC1. The molecule has 13 heavy (non-hydrogen) atoms. The highest BCUT2D eigenvalue weighted by Crippen LogP contribution is 2.25. The Kier molecular flexibility index (Phi) is 3.48. The monoisotopic (exact) mass is 184 g/mol. The zero-order valence-electron chi connectivity index (χ0n) is 7.70. The second-order valence-corrected chi connectivity index (χ2v) is 3.65. The standard InChI is InChI=1S/C10H16O3/c11-9(12)5-8-10(13)6-3-1-2-4-7-10/h3,6,13H,1-2,4-5,7-8H2,(H,11,12). The first-order valence-corrected chi connectivity index (χ1v) is 4.74. The van der Waals surface area contributed by atoms with E-state index in [9.17, 15) is 9.90 Å². The van der Waals surface area contributed by atoms with Gasteiger partial charge in [-0.25, -0.2) is 0 Å². The van der Waals surface area contributed by atoms with E-state index in [1.165, 1.54) is 0 Å². The van der Waals surface area contributed by atoms with Crippen molar-refractivity contribution in [1.82, 2.24) is 0 Å². The molecule has 1 atom stereocenters. The maximum atomic E-state index is 10.3. The zero-order valence-corrected chi connectivity index (χ0v) is 7.70. The lowest BCUT2D eigenvalue weighted by Gasteiger charge is -2.22. The molecule has 0 radical (unpaired) electrons. The number of carboxylic acids is 1. The third kappa shape index (κ3) is 3.59. The fourth-order valence-corrected chi connectivity index (χ4v) is 1.61. The van der Waals surface area contributed by atoms with Gasteiger partial charge in [-0.1, -0.05) is 12.2 Å². The summed E-state index contributed by atoms with van der Waals surface area (Å²) in [6.45, 7) is 0. The van der Waals surface area contributed by atoms with Crippen LogP contribution in [0.4, 0.5) is 0 Å². The van der Waals surface area contributed by atoms with Crippen molar-refractivity contribution in [3.63, 3.8) is 0 Å². The number of aliphatic carboxylic acids is 1. The fourth-order valence-electron chi connectivity index (χ4n) is 1.61. The first-order valence-electron chi connectivity index (χ1n) is 4.74. The van der Waals surface area contributed by atoms with Crippen molar-refractivity contribution in [2.75, 3.05) is 0 Å². The van der Waals surface area contributed by atoms with E-state index in [1.807, 2.05) is 6.08 Å². The minimum Gasteiger partial charge on any atom is -0.481 e. The van der Waals surface area contributed by atoms with E-state index in [0.29, 0.717) is 12.8 Å². The number of carboxylic acid groups (broad SMARTS) is 1. The molecule has 0 heterocycles. The van der Waals surface area contributed by atoms with Gasteiger partial charge >= 0.3 is 5.97 Å². The van der Waals surface area contributed by atoms with Crippen LogP contribution in [-0.2, 0) is 4.79 Å². The number of hydrogen-bond acceptors (Lipinski definition) is 2. The summed E-state index contributed by atoms with van der Waals surface area (Å²) in [5, 5.41) is 18.4. The summed E-state index contributed by atoms with van der Waals surface area (Å²) < 4.78 is 0. The molecule has 1 aliphatic carbocycles. The van der Waals surface area contributed by atoms with E-state index in [0.717, 1.165) is 19.3 Å². The Balaban J connectivity index is 2.47. The fraction of sp³-hybridized carbons (Fsp3) is 0.700. The smallest absolute Gasteiger partial charge is 0.303 e. The molecule has 3 heteroatoms. The Morgan fingerprint density at radius 2 is 2.23 bits per heavy atom. The van der Waals surface area contributed by atoms with Gasteiger partial charge in [0.1, 0.15) is 0 Å². The van der Waals surface area contributed by atoms with Crippen LogP contribution in [0.3, 0.4) is 0 Å². The van der Waals surface area contributed by atoms with Gasteiger partial charge in [0, 0.05) is 6.42 Å². The van der Waals surface area contributed by atoms with Gasteiger partial charge in [-0.15, -0.1) is 0 Å². The molecule has 2 N–H and O–H groups in total. The van der Waals surface area contributed by atoms with Crippen LogP contribution in [0.1, 0.15) is 38.5 Å². The van der Waals surface area contributed by atoms with Crippen molar-refractivity contribution < 1.29 is 15.0 Å². The molecule has 0 aromatic carbocycles. The van der Waals surface area contributed by atoms with Gasteiger partial charge in [-0.05, 0) is 32.1 Å². The molecule has 0 saturated heterocycles. The molecule has 0 aromatic rings. The van der Waals surface area contributed by atoms with Crippen molar-refractivity contribution in [3.8, 4) is 0 Å². The maximum Gasteiger partial charge on any atom is 0.303 e. The van der Waals surface area contributed by atoms with Gasteiger partial charge in [-0.2, -0.15) is 0 Å². The highest BCUT2D eigenvalue weighted by atomic mass is 16.4. The normalized spacial score (nSPS) is 28.4. The number of rotatable bonds is 3. The molecule has 0 aromatic heterocycles. The molecule has 74 valence electrons. The van der Waals surface area contributed by atoms with Crippen LogP contribution in [0.5, 0.6) is 0 Å². The summed E-state index contributed by atoms with van der Waals surface area (Å²) in [4.78, 5) is 10.3. The van der Waals surface area contributed by atoms with Crippen LogP contribution in [0, 0.1) is 0 Å². The van der Waals surface area contributed by atoms with Gasteiger partial charge < -0.3 is 10.2 Å². The Morgan fingerprint density at radius 3 is 2.92 bits per heavy atom. The van der Waals surface area contributed by atoms with Gasteiger partial charge in [0.05, 0.1) is 5.60 Å². The largest absolute Gasteiger partial charge is 0.481 e. The summed E-state index contributed by atoms with van der Waals surface area (Å²) in [6.07, 6.45) is 7.85. The van der Waals surface area contributed by atoms with Gasteiger partial charge in [0.25, 0.3) is 0 Å². The summed E-state index contributed by atoms with van der Waals surface area (Å²) in [7, 11) is 0. The molecule has 1 unspecified atom stereocenters. The predicted molar refractivity (Wildman–Crippen MR) is 49.4 cm³/mol. The Bertz CT molecular complexity index is 210. The Morgan fingerprint density at radius 1 is 1.46 bits per heavy atom. The lowest BCUT2D eigenvalue weighted by atomic mass is 9.93. The van der Waals surface area contributed by atoms with Crippen LogP contribution in [0.25, 0.3) is 0 Å². The molecule has 0 saturated carbocycles. The number of carbonyl (C=O) groups is 1. The van der Waals surface area contributed by atoms with E-state index in [2.05, 4.69) is 0 Å². The van der Waals surface area contributed by atoms with E-state index >= 15 is 0 Å². The molecule has 1 aliphatic rings. The lowest BCUT2D eigenvalue weighted by molar-refractivity contribution is -0.138.